The number of rotatable bonds is 2. The summed E-state index contributed by atoms with van der Waals surface area (Å²) >= 11 is 0. The van der Waals surface area contributed by atoms with Crippen LogP contribution in [0.2, 0.25) is 0 Å². The van der Waals surface area contributed by atoms with Gasteiger partial charge in [0.15, 0.2) is 5.04 Å². The van der Waals surface area contributed by atoms with Crippen molar-refractivity contribution in [2.24, 2.45) is 0 Å². The lowest BCUT2D eigenvalue weighted by atomic mass is 10.1. The van der Waals surface area contributed by atoms with Crippen LogP contribution in [0.3, 0.4) is 0 Å². The third-order valence-electron chi connectivity index (χ3n) is 2.51. The van der Waals surface area contributed by atoms with Gasteiger partial charge >= 0.3 is 0 Å². The van der Waals surface area contributed by atoms with Gasteiger partial charge in [0, 0.05) is 5.39 Å². The highest BCUT2D eigenvalue weighted by molar-refractivity contribution is 8.06. The topological polar surface area (TPSA) is 78.2 Å². The van der Waals surface area contributed by atoms with Crippen LogP contribution in [0.4, 0.5) is 0 Å². The molecule has 2 aromatic carbocycles. The number of aliphatic hydroxyl groups excluding tert-OH is 1. The molecule has 0 saturated heterocycles. The van der Waals surface area contributed by atoms with Crippen molar-refractivity contribution in [1.29, 1.82) is 5.41 Å². The van der Waals surface area contributed by atoms with Crippen molar-refractivity contribution < 1.29 is 13.5 Å². The van der Waals surface area contributed by atoms with Crippen LogP contribution in [0.25, 0.3) is 10.8 Å². The minimum atomic E-state index is -3.88. The van der Waals surface area contributed by atoms with E-state index in [2.05, 4.69) is 0 Å². The van der Waals surface area contributed by atoms with Crippen LogP contribution < -0.4 is 0 Å². The van der Waals surface area contributed by atoms with Crippen molar-refractivity contribution in [3.63, 3.8) is 0 Å². The van der Waals surface area contributed by atoms with E-state index < -0.39 is 21.5 Å². The van der Waals surface area contributed by atoms with Crippen LogP contribution in [-0.4, -0.2) is 25.2 Å². The molecule has 0 heterocycles. The van der Waals surface area contributed by atoms with Crippen molar-refractivity contribution in [3.8, 4) is 0 Å². The molecule has 5 heteroatoms. The fourth-order valence-corrected chi connectivity index (χ4v) is 2.82. The summed E-state index contributed by atoms with van der Waals surface area (Å²) in [4.78, 5) is 0.0645. The molecule has 0 atom stereocenters. The second-order valence-electron chi connectivity index (χ2n) is 3.56. The Morgan fingerprint density at radius 1 is 1.12 bits per heavy atom. The molecule has 0 saturated carbocycles. The maximum absolute atomic E-state index is 12.0. The van der Waals surface area contributed by atoms with E-state index in [0.29, 0.717) is 5.39 Å². The van der Waals surface area contributed by atoms with E-state index in [4.69, 9.17) is 10.5 Å². The summed E-state index contributed by atoms with van der Waals surface area (Å²) in [5, 5.41) is 16.8. The minimum absolute atomic E-state index is 0.0645. The number of hydrogen-bond donors (Lipinski definition) is 2. The first-order valence-electron chi connectivity index (χ1n) is 4.98. The zero-order valence-corrected chi connectivity index (χ0v) is 9.74. The molecule has 0 radical (unpaired) electrons. The molecule has 4 nitrogen and oxygen atoms in total. The molecule has 0 bridgehead atoms. The van der Waals surface area contributed by atoms with Crippen molar-refractivity contribution >= 4 is 25.7 Å². The van der Waals surface area contributed by atoms with E-state index in [1.807, 2.05) is 6.07 Å². The van der Waals surface area contributed by atoms with Gasteiger partial charge in [-0.3, -0.25) is 5.41 Å². The second kappa shape index (κ2) is 4.27. The predicted molar refractivity (Wildman–Crippen MR) is 65.9 cm³/mol. The van der Waals surface area contributed by atoms with Gasteiger partial charge in [0.05, 0.1) is 11.5 Å². The molecule has 0 aliphatic heterocycles. The summed E-state index contributed by atoms with van der Waals surface area (Å²) in [6, 6.07) is 11.9. The maximum atomic E-state index is 12.0. The lowest BCUT2D eigenvalue weighted by Crippen LogP contribution is -2.17. The lowest BCUT2D eigenvalue weighted by Gasteiger charge is -2.07. The Labute approximate surface area is 98.9 Å². The Bertz CT molecular complexity index is 672. The first-order valence-corrected chi connectivity index (χ1v) is 6.47. The zero-order valence-electron chi connectivity index (χ0n) is 8.92. The van der Waals surface area contributed by atoms with Gasteiger partial charge in [-0.15, -0.1) is 0 Å². The maximum Gasteiger partial charge on any atom is 0.222 e. The predicted octanol–water partition coefficient (Wildman–Crippen LogP) is 1.58. The summed E-state index contributed by atoms with van der Waals surface area (Å²) in [7, 11) is -3.88. The quantitative estimate of drug-likeness (QED) is 0.626. The van der Waals surface area contributed by atoms with Crippen molar-refractivity contribution in [1.82, 2.24) is 0 Å². The average molecular weight is 249 g/mol. The summed E-state index contributed by atoms with van der Waals surface area (Å²) in [5.74, 6) is 0. The van der Waals surface area contributed by atoms with Gasteiger partial charge in [-0.05, 0) is 11.5 Å². The number of benzene rings is 2. The zero-order chi connectivity index (χ0) is 12.5. The molecular formula is C12H11NO3S. The fourth-order valence-electron chi connectivity index (χ4n) is 1.65. The Morgan fingerprint density at radius 3 is 2.47 bits per heavy atom. The van der Waals surface area contributed by atoms with Crippen molar-refractivity contribution in [2.45, 2.75) is 4.90 Å². The van der Waals surface area contributed by atoms with Crippen LogP contribution >= 0.6 is 0 Å². The number of nitrogens with one attached hydrogen (secondary N) is 1. The summed E-state index contributed by atoms with van der Waals surface area (Å²) in [6.07, 6.45) is 0. The monoisotopic (exact) mass is 249 g/mol. The minimum Gasteiger partial charge on any atom is -0.389 e. The van der Waals surface area contributed by atoms with Crippen molar-refractivity contribution in [2.75, 3.05) is 6.61 Å². The number of sulfone groups is 1. The van der Waals surface area contributed by atoms with Gasteiger partial charge in [-0.2, -0.15) is 0 Å². The Hall–Kier alpha value is -1.72. The summed E-state index contributed by atoms with van der Waals surface area (Å²) < 4.78 is 24.0. The van der Waals surface area contributed by atoms with Crippen LogP contribution in [-0.2, 0) is 9.84 Å². The van der Waals surface area contributed by atoms with E-state index in [0.717, 1.165) is 5.39 Å². The first-order chi connectivity index (χ1) is 8.07. The van der Waals surface area contributed by atoms with Crippen LogP contribution in [0.1, 0.15) is 0 Å². The standard InChI is InChI=1S/C12H11NO3S/c13-12(8-14)17(15,16)11-7-3-5-9-4-1-2-6-10(9)11/h1-7,13-14H,8H2. The van der Waals surface area contributed by atoms with Gasteiger partial charge < -0.3 is 5.11 Å². The SMILES string of the molecule is N=C(CO)S(=O)(=O)c1cccc2ccccc12. The second-order valence-corrected chi connectivity index (χ2v) is 5.50. The molecular weight excluding hydrogens is 238 g/mol. The summed E-state index contributed by atoms with van der Waals surface area (Å²) in [5.41, 5.74) is 0. The Kier molecular flexibility index (Phi) is 2.95. The molecule has 0 spiro atoms. The largest absolute Gasteiger partial charge is 0.389 e. The number of fused-ring (bicyclic) bond motifs is 1. The number of aliphatic hydroxyl groups is 1. The molecule has 0 aliphatic carbocycles. The fraction of sp³-hybridized carbons (Fsp3) is 0.0833. The van der Waals surface area contributed by atoms with Gasteiger partial charge in [0.2, 0.25) is 9.84 Å². The Balaban J connectivity index is 2.77. The molecule has 2 rings (SSSR count). The highest BCUT2D eigenvalue weighted by Crippen LogP contribution is 2.23. The van der Waals surface area contributed by atoms with Gasteiger partial charge in [0.25, 0.3) is 0 Å². The highest BCUT2D eigenvalue weighted by Gasteiger charge is 2.22. The van der Waals surface area contributed by atoms with Gasteiger partial charge in [-0.25, -0.2) is 8.42 Å². The first kappa shape index (κ1) is 11.8. The summed E-state index contributed by atoms with van der Waals surface area (Å²) in [6.45, 7) is -0.786. The number of hydrogen-bond acceptors (Lipinski definition) is 4. The molecule has 0 aliphatic rings. The lowest BCUT2D eigenvalue weighted by molar-refractivity contribution is 0.358. The molecule has 0 amide bonds. The van der Waals surface area contributed by atoms with Crippen molar-refractivity contribution in [3.05, 3.63) is 42.5 Å². The Morgan fingerprint density at radius 2 is 1.76 bits per heavy atom. The van der Waals surface area contributed by atoms with Crippen LogP contribution in [0, 0.1) is 5.41 Å². The van der Waals surface area contributed by atoms with E-state index >= 15 is 0 Å². The molecule has 2 N–H and O–H groups in total. The smallest absolute Gasteiger partial charge is 0.222 e. The van der Waals surface area contributed by atoms with Gasteiger partial charge in [-0.1, -0.05) is 36.4 Å². The average Bonchev–Trinajstić information content (AvgIpc) is 2.37. The third-order valence-corrected chi connectivity index (χ3v) is 4.22. The molecule has 17 heavy (non-hydrogen) atoms. The molecule has 2 aromatic rings. The van der Waals surface area contributed by atoms with E-state index in [-0.39, 0.29) is 4.90 Å². The molecule has 0 unspecified atom stereocenters. The van der Waals surface area contributed by atoms with Crippen LogP contribution in [0.5, 0.6) is 0 Å². The molecule has 88 valence electrons. The highest BCUT2D eigenvalue weighted by atomic mass is 32.2. The molecule has 0 fully saturated rings. The molecule has 0 aromatic heterocycles. The van der Waals surface area contributed by atoms with Gasteiger partial charge in [0.1, 0.15) is 0 Å². The third kappa shape index (κ3) is 1.94. The van der Waals surface area contributed by atoms with E-state index in [9.17, 15) is 8.42 Å². The van der Waals surface area contributed by atoms with E-state index in [1.54, 1.807) is 30.3 Å². The normalized spacial score (nSPS) is 11.6. The van der Waals surface area contributed by atoms with E-state index in [1.165, 1.54) is 6.07 Å². The van der Waals surface area contributed by atoms with Crippen LogP contribution in [0.15, 0.2) is 47.4 Å².